The second-order valence-electron chi connectivity index (χ2n) is 7.26. The average Bonchev–Trinajstić information content (AvgIpc) is 3.28. The summed E-state index contributed by atoms with van der Waals surface area (Å²) in [5.41, 5.74) is 2.21. The molecule has 1 heterocycles. The summed E-state index contributed by atoms with van der Waals surface area (Å²) >= 11 is 0. The quantitative estimate of drug-likeness (QED) is 0.304. The van der Waals surface area contributed by atoms with Gasteiger partial charge in [0.05, 0.1) is 27.0 Å². The highest BCUT2D eigenvalue weighted by Gasteiger charge is 2.24. The number of hydrogen-bond donors (Lipinski definition) is 2. The molecule has 170 valence electrons. The van der Waals surface area contributed by atoms with E-state index >= 15 is 0 Å². The van der Waals surface area contributed by atoms with Crippen LogP contribution in [0.5, 0.6) is 17.2 Å². The summed E-state index contributed by atoms with van der Waals surface area (Å²) in [6.45, 7) is 3.51. The van der Waals surface area contributed by atoms with E-state index in [0.717, 1.165) is 60.5 Å². The second-order valence-corrected chi connectivity index (χ2v) is 7.26. The second kappa shape index (κ2) is 12.5. The molecular weight excluding hydrogens is 507 g/mol. The number of halogens is 1. The van der Waals surface area contributed by atoms with Crippen LogP contribution in [0, 0.1) is 5.92 Å². The first kappa shape index (κ1) is 24.9. The summed E-state index contributed by atoms with van der Waals surface area (Å²) in [4.78, 5) is 6.75. The van der Waals surface area contributed by atoms with Crippen molar-refractivity contribution in [2.75, 3.05) is 52.9 Å². The van der Waals surface area contributed by atoms with E-state index in [1.54, 1.807) is 28.4 Å². The van der Waals surface area contributed by atoms with E-state index in [-0.39, 0.29) is 24.0 Å². The molecule has 0 aliphatic carbocycles. The van der Waals surface area contributed by atoms with Crippen LogP contribution >= 0.6 is 24.0 Å². The van der Waals surface area contributed by atoms with Gasteiger partial charge in [-0.25, -0.2) is 0 Å². The highest BCUT2D eigenvalue weighted by molar-refractivity contribution is 14.0. The Balaban J connectivity index is 0.00000341. The third kappa shape index (κ3) is 6.56. The predicted octanol–water partition coefficient (Wildman–Crippen LogP) is 3.52. The summed E-state index contributed by atoms with van der Waals surface area (Å²) < 4.78 is 16.2. The smallest absolute Gasteiger partial charge is 0.191 e. The molecule has 1 aliphatic heterocycles. The topological polar surface area (TPSA) is 67.4 Å². The number of hydrogen-bond acceptors (Lipinski definition) is 5. The standard InChI is InChI=1S/C23H32N4O3.HI/c1-24-23(26-15-18-9-10-19(28-2)13-22(18)30-4)25-14-17-11-12-27(16-17)20-7-5-6-8-21(20)29-3;/h5-10,13,17H,11-12,14-16H2,1-4H3,(H2,24,25,26);1H. The Hall–Kier alpha value is -2.36. The lowest BCUT2D eigenvalue weighted by atomic mass is 10.1. The van der Waals surface area contributed by atoms with E-state index in [4.69, 9.17) is 14.2 Å². The zero-order valence-corrected chi connectivity index (χ0v) is 21.0. The van der Waals surface area contributed by atoms with Crippen LogP contribution in [0.3, 0.4) is 0 Å². The molecular formula is C23H33IN4O3. The Morgan fingerprint density at radius 2 is 1.81 bits per heavy atom. The fourth-order valence-electron chi connectivity index (χ4n) is 3.75. The molecule has 0 spiro atoms. The fraction of sp³-hybridized carbons (Fsp3) is 0.435. The first-order valence-corrected chi connectivity index (χ1v) is 10.2. The first-order valence-electron chi connectivity index (χ1n) is 10.2. The lowest BCUT2D eigenvalue weighted by Gasteiger charge is -2.21. The molecule has 0 aromatic heterocycles. The minimum absolute atomic E-state index is 0. The number of methoxy groups -OCH3 is 3. The Morgan fingerprint density at radius 3 is 2.52 bits per heavy atom. The number of aliphatic imine (C=N–C) groups is 1. The monoisotopic (exact) mass is 540 g/mol. The van der Waals surface area contributed by atoms with Crippen molar-refractivity contribution in [2.45, 2.75) is 13.0 Å². The van der Waals surface area contributed by atoms with Gasteiger partial charge in [-0.1, -0.05) is 12.1 Å². The number of benzene rings is 2. The van der Waals surface area contributed by atoms with Gasteiger partial charge in [-0.2, -0.15) is 0 Å². The van der Waals surface area contributed by atoms with E-state index in [1.807, 2.05) is 30.3 Å². The van der Waals surface area contributed by atoms with Crippen molar-refractivity contribution < 1.29 is 14.2 Å². The maximum absolute atomic E-state index is 5.51. The van der Waals surface area contributed by atoms with Crippen molar-refractivity contribution in [1.82, 2.24) is 10.6 Å². The zero-order chi connectivity index (χ0) is 21.3. The summed E-state index contributed by atoms with van der Waals surface area (Å²) in [7, 11) is 6.83. The van der Waals surface area contributed by atoms with Crippen LogP contribution in [0.15, 0.2) is 47.5 Å². The number of nitrogens with one attached hydrogen (secondary N) is 2. The number of ether oxygens (including phenoxy) is 3. The number of nitrogens with zero attached hydrogens (tertiary/aromatic N) is 2. The summed E-state index contributed by atoms with van der Waals surface area (Å²) in [6.07, 6.45) is 1.13. The molecule has 0 saturated carbocycles. The molecule has 1 fully saturated rings. The van der Waals surface area contributed by atoms with E-state index in [1.165, 1.54) is 0 Å². The molecule has 2 aromatic carbocycles. The molecule has 8 heteroatoms. The van der Waals surface area contributed by atoms with Gasteiger partial charge in [-0.05, 0) is 36.6 Å². The van der Waals surface area contributed by atoms with Crippen LogP contribution in [-0.2, 0) is 6.54 Å². The molecule has 0 bridgehead atoms. The fourth-order valence-corrected chi connectivity index (χ4v) is 3.75. The Labute approximate surface area is 202 Å². The number of guanidine groups is 1. The van der Waals surface area contributed by atoms with Gasteiger partial charge in [-0.15, -0.1) is 24.0 Å². The third-order valence-corrected chi connectivity index (χ3v) is 5.43. The maximum atomic E-state index is 5.51. The van der Waals surface area contributed by atoms with Crippen molar-refractivity contribution in [3.8, 4) is 17.2 Å². The van der Waals surface area contributed by atoms with Crippen molar-refractivity contribution in [3.05, 3.63) is 48.0 Å². The van der Waals surface area contributed by atoms with Crippen LogP contribution in [-0.4, -0.2) is 54.0 Å². The van der Waals surface area contributed by atoms with E-state index in [2.05, 4.69) is 32.7 Å². The SMILES string of the molecule is CN=C(NCc1ccc(OC)cc1OC)NCC1CCN(c2ccccc2OC)C1.I. The van der Waals surface area contributed by atoms with E-state index < -0.39 is 0 Å². The highest BCUT2D eigenvalue weighted by Crippen LogP contribution is 2.31. The maximum Gasteiger partial charge on any atom is 0.191 e. The summed E-state index contributed by atoms with van der Waals surface area (Å²) in [5, 5.41) is 6.83. The van der Waals surface area contributed by atoms with Gasteiger partial charge >= 0.3 is 0 Å². The van der Waals surface area contributed by atoms with Gasteiger partial charge in [0.25, 0.3) is 0 Å². The van der Waals surface area contributed by atoms with Gasteiger partial charge in [0.2, 0.25) is 0 Å². The summed E-state index contributed by atoms with van der Waals surface area (Å²) in [6, 6.07) is 14.0. The minimum atomic E-state index is 0. The van der Waals surface area contributed by atoms with Gasteiger partial charge in [-0.3, -0.25) is 4.99 Å². The van der Waals surface area contributed by atoms with Gasteiger partial charge in [0, 0.05) is 44.9 Å². The molecule has 1 unspecified atom stereocenters. The molecule has 2 N–H and O–H groups in total. The molecule has 1 atom stereocenters. The average molecular weight is 540 g/mol. The molecule has 7 nitrogen and oxygen atoms in total. The van der Waals surface area contributed by atoms with Gasteiger partial charge in [0.15, 0.2) is 5.96 Å². The lowest BCUT2D eigenvalue weighted by Crippen LogP contribution is -2.40. The Kier molecular flexibility index (Phi) is 10.0. The molecule has 0 amide bonds. The van der Waals surface area contributed by atoms with Crippen molar-refractivity contribution in [3.63, 3.8) is 0 Å². The zero-order valence-electron chi connectivity index (χ0n) is 18.7. The van der Waals surface area contributed by atoms with Crippen molar-refractivity contribution in [1.29, 1.82) is 0 Å². The van der Waals surface area contributed by atoms with Crippen molar-refractivity contribution >= 4 is 35.6 Å². The molecule has 0 radical (unpaired) electrons. The van der Waals surface area contributed by atoms with Gasteiger partial charge < -0.3 is 29.7 Å². The van der Waals surface area contributed by atoms with E-state index in [9.17, 15) is 0 Å². The molecule has 1 saturated heterocycles. The van der Waals surface area contributed by atoms with Crippen LogP contribution in [0.4, 0.5) is 5.69 Å². The van der Waals surface area contributed by atoms with Crippen LogP contribution in [0.25, 0.3) is 0 Å². The molecule has 1 aliphatic rings. The van der Waals surface area contributed by atoms with Gasteiger partial charge in [0.1, 0.15) is 17.2 Å². The summed E-state index contributed by atoms with van der Waals surface area (Å²) in [5.74, 6) is 3.82. The van der Waals surface area contributed by atoms with Crippen molar-refractivity contribution in [2.24, 2.45) is 10.9 Å². The lowest BCUT2D eigenvalue weighted by molar-refractivity contribution is 0.390. The number of anilines is 1. The highest BCUT2D eigenvalue weighted by atomic mass is 127. The number of para-hydroxylation sites is 2. The van der Waals surface area contributed by atoms with Crippen LogP contribution in [0.1, 0.15) is 12.0 Å². The normalized spacial score (nSPS) is 15.8. The van der Waals surface area contributed by atoms with Crippen LogP contribution in [0.2, 0.25) is 0 Å². The van der Waals surface area contributed by atoms with E-state index in [0.29, 0.717) is 12.5 Å². The molecule has 2 aromatic rings. The third-order valence-electron chi connectivity index (χ3n) is 5.43. The first-order chi connectivity index (χ1) is 14.7. The number of rotatable bonds is 8. The minimum Gasteiger partial charge on any atom is -0.497 e. The Bertz CT molecular complexity index is 862. The molecule has 3 rings (SSSR count). The van der Waals surface area contributed by atoms with Crippen LogP contribution < -0.4 is 29.7 Å². The Morgan fingerprint density at radius 1 is 1.03 bits per heavy atom. The predicted molar refractivity (Wildman–Crippen MR) is 136 cm³/mol. The largest absolute Gasteiger partial charge is 0.497 e. The molecule has 31 heavy (non-hydrogen) atoms.